The van der Waals surface area contributed by atoms with Crippen LogP contribution >= 0.6 is 15.9 Å². The van der Waals surface area contributed by atoms with Crippen LogP contribution in [0.15, 0.2) is 10.1 Å². The molecule has 0 aromatic rings. The number of nitrogens with two attached hydrogens (primary N) is 1. The molecule has 2 rings (SSSR count). The van der Waals surface area contributed by atoms with Gasteiger partial charge in [0.1, 0.15) is 6.54 Å². The summed E-state index contributed by atoms with van der Waals surface area (Å²) in [7, 11) is 2.95. The van der Waals surface area contributed by atoms with Crippen molar-refractivity contribution in [3.8, 4) is 0 Å². The van der Waals surface area contributed by atoms with Gasteiger partial charge in [0.2, 0.25) is 0 Å². The van der Waals surface area contributed by atoms with Gasteiger partial charge in [-0.15, -0.1) is 0 Å². The molecule has 1 atom stereocenters. The second-order valence-corrected chi connectivity index (χ2v) is 5.03. The minimum atomic E-state index is -0.786. The molecule has 112 valence electrons. The van der Waals surface area contributed by atoms with Crippen molar-refractivity contribution in [3.05, 3.63) is 0 Å². The summed E-state index contributed by atoms with van der Waals surface area (Å²) in [5.74, 6) is -0.0474. The Bertz CT molecular complexity index is 612. The number of hydrazone groups is 1. The number of carbonyl (C=O) groups excluding carboxylic acids is 3. The first kappa shape index (κ1) is 15.1. The highest BCUT2D eigenvalue weighted by atomic mass is 79.9. The van der Waals surface area contributed by atoms with Crippen LogP contribution in [0.25, 0.3) is 0 Å². The Morgan fingerprint density at radius 2 is 2.19 bits per heavy atom. The number of nitrogens with one attached hydrogen (secondary N) is 1. The molecule has 2 aliphatic heterocycles. The van der Waals surface area contributed by atoms with E-state index in [1.54, 1.807) is 11.6 Å². The number of rotatable bonds is 3. The van der Waals surface area contributed by atoms with E-state index >= 15 is 0 Å². The Morgan fingerprint density at radius 1 is 1.52 bits per heavy atom. The van der Waals surface area contributed by atoms with Gasteiger partial charge in [-0.3, -0.25) is 14.6 Å². The molecule has 10 nitrogen and oxygen atoms in total. The lowest BCUT2D eigenvalue weighted by Gasteiger charge is -2.30. The van der Waals surface area contributed by atoms with Crippen molar-refractivity contribution in [3.63, 3.8) is 0 Å². The number of imide groups is 1. The van der Waals surface area contributed by atoms with Crippen molar-refractivity contribution in [2.75, 3.05) is 20.6 Å². The van der Waals surface area contributed by atoms with Gasteiger partial charge in [-0.2, -0.15) is 5.10 Å². The van der Waals surface area contributed by atoms with Crippen molar-refractivity contribution in [1.29, 1.82) is 0 Å². The first-order chi connectivity index (χ1) is 9.84. The van der Waals surface area contributed by atoms with E-state index in [0.29, 0.717) is 10.6 Å². The van der Waals surface area contributed by atoms with Gasteiger partial charge >= 0.3 is 16.8 Å². The van der Waals surface area contributed by atoms with Crippen LogP contribution < -0.4 is 11.2 Å². The number of primary amides is 1. The van der Waals surface area contributed by atoms with Crippen molar-refractivity contribution < 1.29 is 19.0 Å². The topological polar surface area (TPSA) is 123 Å². The number of halogens is 1. The van der Waals surface area contributed by atoms with E-state index in [2.05, 4.69) is 31.4 Å². The van der Waals surface area contributed by atoms with Gasteiger partial charge in [-0.1, -0.05) is 0 Å². The minimum absolute atomic E-state index is 0.195. The van der Waals surface area contributed by atoms with Crippen molar-refractivity contribution >= 4 is 50.7 Å². The highest BCUT2D eigenvalue weighted by Crippen LogP contribution is 2.19. The number of amides is 5. The second kappa shape index (κ2) is 5.60. The molecule has 0 aromatic carbocycles. The lowest BCUT2D eigenvalue weighted by Crippen LogP contribution is -2.61. The fourth-order valence-electron chi connectivity index (χ4n) is 1.99. The minimum Gasteiger partial charge on any atom is -0.350 e. The third-order valence-electron chi connectivity index (χ3n) is 3.03. The molecule has 1 unspecified atom stereocenters. The fraction of sp³-hybridized carbons (Fsp3) is 0.400. The largest absolute Gasteiger partial charge is 0.365 e. The van der Waals surface area contributed by atoms with E-state index in [1.165, 1.54) is 18.2 Å². The number of likely N-dealkylation sites (N-methyl/N-ethyl adjacent to an activating group) is 2. The summed E-state index contributed by atoms with van der Waals surface area (Å²) in [6, 6.07) is -1.94. The first-order valence-electron chi connectivity index (χ1n) is 5.84. The number of urea groups is 2. The van der Waals surface area contributed by atoms with Gasteiger partial charge in [-0.25, -0.2) is 19.6 Å². The molecule has 0 aliphatic carbocycles. The number of amidine groups is 2. The Morgan fingerprint density at radius 3 is 2.81 bits per heavy atom. The molecule has 0 radical (unpaired) electrons. The number of fused-ring (bicyclic) bond motifs is 1. The Balaban J connectivity index is 2.20. The van der Waals surface area contributed by atoms with Gasteiger partial charge < -0.3 is 5.73 Å². The van der Waals surface area contributed by atoms with Crippen LogP contribution in [0.5, 0.6) is 0 Å². The normalized spacial score (nSPS) is 22.0. The zero-order valence-corrected chi connectivity index (χ0v) is 12.9. The molecule has 21 heavy (non-hydrogen) atoms. The molecule has 5 amide bonds. The van der Waals surface area contributed by atoms with Crippen molar-refractivity contribution in [2.24, 2.45) is 15.8 Å². The molecule has 2 heterocycles. The monoisotopic (exact) mass is 358 g/mol. The lowest BCUT2D eigenvalue weighted by molar-refractivity contribution is -0.516. The molecule has 0 spiro atoms. The molecular formula is C10H13BrN7O3+. The maximum atomic E-state index is 12.2. The predicted molar refractivity (Wildman–Crippen MR) is 77.4 cm³/mol. The molecule has 1 fully saturated rings. The summed E-state index contributed by atoms with van der Waals surface area (Å²) in [5.41, 5.74) is 6.93. The van der Waals surface area contributed by atoms with Gasteiger partial charge in [0.15, 0.2) is 0 Å². The van der Waals surface area contributed by atoms with E-state index in [-0.39, 0.29) is 12.5 Å². The molecule has 0 bridgehead atoms. The third kappa shape index (κ3) is 2.63. The zero-order valence-electron chi connectivity index (χ0n) is 11.3. The first-order valence-corrected chi connectivity index (χ1v) is 6.63. The highest BCUT2D eigenvalue weighted by Gasteiger charge is 2.52. The van der Waals surface area contributed by atoms with Gasteiger partial charge in [-0.05, 0) is 4.99 Å². The van der Waals surface area contributed by atoms with Crippen LogP contribution in [0.1, 0.15) is 0 Å². The molecule has 0 aromatic heterocycles. The lowest BCUT2D eigenvalue weighted by atomic mass is 10.1. The Hall–Kier alpha value is -2.30. The van der Waals surface area contributed by atoms with Crippen LogP contribution in [-0.4, -0.2) is 75.8 Å². The molecule has 11 heteroatoms. The van der Waals surface area contributed by atoms with Crippen LogP contribution in [0.3, 0.4) is 0 Å². The van der Waals surface area contributed by atoms with Crippen LogP contribution in [0, 0.1) is 0 Å². The SMILES string of the molecule is CN1C(=O)C2C(=NC(Br)=[N+]2C/C=N/NC(N)=O)N(C)C1=O. The van der Waals surface area contributed by atoms with E-state index in [0.717, 1.165) is 4.90 Å². The molecule has 2 aliphatic rings. The average molecular weight is 359 g/mol. The van der Waals surface area contributed by atoms with Crippen LogP contribution in [-0.2, 0) is 4.79 Å². The van der Waals surface area contributed by atoms with Crippen molar-refractivity contribution in [2.45, 2.75) is 6.04 Å². The van der Waals surface area contributed by atoms with Crippen molar-refractivity contribution in [1.82, 2.24) is 15.2 Å². The molecule has 3 N–H and O–H groups in total. The van der Waals surface area contributed by atoms with Crippen LogP contribution in [0.2, 0.25) is 0 Å². The highest BCUT2D eigenvalue weighted by molar-refractivity contribution is 9.18. The fourth-order valence-corrected chi connectivity index (χ4v) is 2.52. The number of hydrogen-bond acceptors (Lipinski definition) is 5. The summed E-state index contributed by atoms with van der Waals surface area (Å²) >= 11 is 3.24. The number of hydrogen-bond donors (Lipinski definition) is 2. The van der Waals surface area contributed by atoms with E-state index < -0.39 is 18.1 Å². The number of carbonyl (C=O) groups is 3. The Kier molecular flexibility index (Phi) is 4.02. The van der Waals surface area contributed by atoms with Gasteiger partial charge in [0.25, 0.3) is 17.8 Å². The Labute approximate surface area is 128 Å². The second-order valence-electron chi connectivity index (χ2n) is 4.32. The van der Waals surface area contributed by atoms with Gasteiger partial charge in [0, 0.05) is 14.1 Å². The molecular weight excluding hydrogens is 346 g/mol. The molecule has 1 saturated heterocycles. The van der Waals surface area contributed by atoms with E-state index in [1.807, 2.05) is 0 Å². The quantitative estimate of drug-likeness (QED) is 0.282. The smallest absolute Gasteiger partial charge is 0.350 e. The number of aliphatic imine (C=N–C) groups is 1. The summed E-state index contributed by atoms with van der Waals surface area (Å²) < 4.78 is 2.00. The summed E-state index contributed by atoms with van der Waals surface area (Å²) in [6.07, 6.45) is 1.37. The summed E-state index contributed by atoms with van der Waals surface area (Å²) in [5, 5.41) is 3.60. The van der Waals surface area contributed by atoms with Gasteiger partial charge in [0.05, 0.1) is 22.1 Å². The summed E-state index contributed by atoms with van der Waals surface area (Å²) in [4.78, 5) is 41.1. The van der Waals surface area contributed by atoms with E-state index in [4.69, 9.17) is 5.73 Å². The molecule has 0 saturated carbocycles. The summed E-state index contributed by atoms with van der Waals surface area (Å²) in [6.45, 7) is 0.195. The zero-order chi connectivity index (χ0) is 15.7. The standard InChI is InChI=1S/C10H12BrN7O3/c1-16-6-5(7(19)17(2)10(16)21)18(8(11)14-6)4-3-13-15-9(12)20/h3,5H,4H2,1-2H3,(H2-,12,15,20)/p+1/b13-3+. The number of nitrogens with zero attached hydrogens (tertiary/aromatic N) is 5. The average Bonchev–Trinajstić information content (AvgIpc) is 2.76. The maximum Gasteiger partial charge on any atom is 0.365 e. The predicted octanol–water partition coefficient (Wildman–Crippen LogP) is -1.29. The van der Waals surface area contributed by atoms with E-state index in [9.17, 15) is 14.4 Å². The van der Waals surface area contributed by atoms with Crippen LogP contribution in [0.4, 0.5) is 9.59 Å². The maximum absolute atomic E-state index is 12.2. The third-order valence-corrected chi connectivity index (χ3v) is 3.66.